The molecule has 1 aromatic carbocycles. The Morgan fingerprint density at radius 1 is 1.11 bits per heavy atom. The first kappa shape index (κ1) is 14.5. The van der Waals surface area contributed by atoms with Gasteiger partial charge in [0.1, 0.15) is 0 Å². The van der Waals surface area contributed by atoms with Crippen molar-refractivity contribution in [2.45, 2.75) is 0 Å². The van der Waals surface area contributed by atoms with Crippen LogP contribution in [0.4, 0.5) is 5.69 Å². The lowest BCUT2D eigenvalue weighted by Gasteiger charge is -2.22. The van der Waals surface area contributed by atoms with Gasteiger partial charge in [0.05, 0.1) is 18.9 Å². The molecule has 0 heterocycles. The summed E-state index contributed by atoms with van der Waals surface area (Å²) in [6.07, 6.45) is 0. The van der Waals surface area contributed by atoms with Crippen LogP contribution in [-0.4, -0.2) is 51.4 Å². The van der Waals surface area contributed by atoms with Gasteiger partial charge < -0.3 is 20.1 Å². The maximum absolute atomic E-state index is 6.00. The number of aliphatic imine (C=N–C) groups is 1. The third kappa shape index (κ3) is 5.16. The van der Waals surface area contributed by atoms with Crippen molar-refractivity contribution >= 4 is 11.6 Å². The standard InChI is InChI=1S/C13H21N3O2/c1-17-10-8-16(9-11-18-2)13(14)15-12-6-4-3-5-7-12/h3-7H,8-11H2,1-2H3,(H2,14,15). The van der Waals surface area contributed by atoms with Crippen molar-refractivity contribution in [3.05, 3.63) is 30.3 Å². The third-order valence-corrected chi connectivity index (χ3v) is 2.45. The lowest BCUT2D eigenvalue weighted by atomic mass is 10.3. The number of hydrogen-bond acceptors (Lipinski definition) is 3. The summed E-state index contributed by atoms with van der Waals surface area (Å²) in [5.41, 5.74) is 6.84. The molecule has 0 aliphatic carbocycles. The normalized spacial score (nSPS) is 11.6. The first-order chi connectivity index (χ1) is 8.77. The minimum Gasteiger partial charge on any atom is -0.383 e. The van der Waals surface area contributed by atoms with E-state index in [-0.39, 0.29) is 0 Å². The van der Waals surface area contributed by atoms with E-state index in [2.05, 4.69) is 4.99 Å². The molecule has 0 fully saturated rings. The quantitative estimate of drug-likeness (QED) is 0.585. The van der Waals surface area contributed by atoms with Gasteiger partial charge in [0.15, 0.2) is 5.96 Å². The fourth-order valence-corrected chi connectivity index (χ4v) is 1.45. The van der Waals surface area contributed by atoms with E-state index in [9.17, 15) is 0 Å². The second kappa shape index (κ2) is 8.49. The summed E-state index contributed by atoms with van der Waals surface area (Å²) in [6, 6.07) is 9.64. The Morgan fingerprint density at radius 3 is 2.17 bits per heavy atom. The monoisotopic (exact) mass is 251 g/mol. The van der Waals surface area contributed by atoms with Crippen molar-refractivity contribution in [1.29, 1.82) is 0 Å². The number of nitrogens with zero attached hydrogens (tertiary/aromatic N) is 2. The van der Waals surface area contributed by atoms with E-state index in [1.165, 1.54) is 0 Å². The third-order valence-electron chi connectivity index (χ3n) is 2.45. The Kier molecular flexibility index (Phi) is 6.83. The molecule has 5 heteroatoms. The molecule has 0 saturated carbocycles. The average molecular weight is 251 g/mol. The second-order valence-electron chi connectivity index (χ2n) is 3.78. The van der Waals surface area contributed by atoms with Crippen molar-refractivity contribution in [2.24, 2.45) is 10.7 Å². The van der Waals surface area contributed by atoms with Gasteiger partial charge in [-0.2, -0.15) is 0 Å². The van der Waals surface area contributed by atoms with Gasteiger partial charge in [-0.3, -0.25) is 0 Å². The lowest BCUT2D eigenvalue weighted by molar-refractivity contribution is 0.146. The van der Waals surface area contributed by atoms with E-state index in [1.807, 2.05) is 35.2 Å². The molecule has 0 atom stereocenters. The number of guanidine groups is 1. The topological polar surface area (TPSA) is 60.1 Å². The lowest BCUT2D eigenvalue weighted by Crippen LogP contribution is -2.41. The Balaban J connectivity index is 2.67. The summed E-state index contributed by atoms with van der Waals surface area (Å²) in [5, 5.41) is 0. The SMILES string of the molecule is COCCN(CCOC)C(N)=Nc1ccccc1. The molecule has 100 valence electrons. The molecule has 0 aromatic heterocycles. The van der Waals surface area contributed by atoms with E-state index in [0.717, 1.165) is 5.69 Å². The van der Waals surface area contributed by atoms with E-state index in [0.29, 0.717) is 32.3 Å². The number of para-hydroxylation sites is 1. The predicted molar refractivity (Wildman–Crippen MR) is 73.0 cm³/mol. The largest absolute Gasteiger partial charge is 0.383 e. The molecule has 0 aliphatic heterocycles. The zero-order valence-electron chi connectivity index (χ0n) is 11.0. The minimum absolute atomic E-state index is 0.482. The maximum atomic E-state index is 6.00. The highest BCUT2D eigenvalue weighted by molar-refractivity contribution is 5.81. The summed E-state index contributed by atoms with van der Waals surface area (Å²) in [4.78, 5) is 6.32. The fourth-order valence-electron chi connectivity index (χ4n) is 1.45. The van der Waals surface area contributed by atoms with Gasteiger partial charge in [-0.05, 0) is 12.1 Å². The molecular formula is C13H21N3O2. The van der Waals surface area contributed by atoms with Gasteiger partial charge in [0.2, 0.25) is 0 Å². The van der Waals surface area contributed by atoms with Crippen molar-refractivity contribution in [3.63, 3.8) is 0 Å². The van der Waals surface area contributed by atoms with Crippen LogP contribution in [0.1, 0.15) is 0 Å². The van der Waals surface area contributed by atoms with Crippen LogP contribution in [0.2, 0.25) is 0 Å². The molecule has 1 rings (SSSR count). The average Bonchev–Trinajstić information content (AvgIpc) is 2.40. The molecule has 18 heavy (non-hydrogen) atoms. The van der Waals surface area contributed by atoms with Gasteiger partial charge in [0, 0.05) is 27.3 Å². The smallest absolute Gasteiger partial charge is 0.196 e. The van der Waals surface area contributed by atoms with Crippen LogP contribution in [0.25, 0.3) is 0 Å². The molecule has 0 spiro atoms. The molecule has 2 N–H and O–H groups in total. The number of hydrogen-bond donors (Lipinski definition) is 1. The second-order valence-corrected chi connectivity index (χ2v) is 3.78. The van der Waals surface area contributed by atoms with Crippen LogP contribution in [0.5, 0.6) is 0 Å². The van der Waals surface area contributed by atoms with E-state index >= 15 is 0 Å². The molecule has 0 unspecified atom stereocenters. The molecule has 0 bridgehead atoms. The van der Waals surface area contributed by atoms with E-state index < -0.39 is 0 Å². The summed E-state index contributed by atoms with van der Waals surface area (Å²) in [7, 11) is 3.33. The predicted octanol–water partition coefficient (Wildman–Crippen LogP) is 1.23. The summed E-state index contributed by atoms with van der Waals surface area (Å²) in [5.74, 6) is 0.482. The molecular weight excluding hydrogens is 230 g/mol. The summed E-state index contributed by atoms with van der Waals surface area (Å²) < 4.78 is 10.1. The first-order valence-electron chi connectivity index (χ1n) is 5.90. The van der Waals surface area contributed by atoms with Crippen LogP contribution < -0.4 is 5.73 Å². The van der Waals surface area contributed by atoms with Crippen LogP contribution >= 0.6 is 0 Å². The molecule has 0 aliphatic rings. The van der Waals surface area contributed by atoms with Crippen molar-refractivity contribution < 1.29 is 9.47 Å². The number of nitrogens with two attached hydrogens (primary N) is 1. The van der Waals surface area contributed by atoms with E-state index in [4.69, 9.17) is 15.2 Å². The number of ether oxygens (including phenoxy) is 2. The van der Waals surface area contributed by atoms with Crippen molar-refractivity contribution in [1.82, 2.24) is 4.90 Å². The van der Waals surface area contributed by atoms with E-state index in [1.54, 1.807) is 14.2 Å². The van der Waals surface area contributed by atoms with Gasteiger partial charge >= 0.3 is 0 Å². The highest BCUT2D eigenvalue weighted by atomic mass is 16.5. The van der Waals surface area contributed by atoms with Crippen LogP contribution in [0, 0.1) is 0 Å². The summed E-state index contributed by atoms with van der Waals surface area (Å²) >= 11 is 0. The van der Waals surface area contributed by atoms with Gasteiger partial charge in [-0.15, -0.1) is 0 Å². The van der Waals surface area contributed by atoms with Crippen LogP contribution in [0.3, 0.4) is 0 Å². The highest BCUT2D eigenvalue weighted by Gasteiger charge is 2.07. The van der Waals surface area contributed by atoms with Gasteiger partial charge in [-0.1, -0.05) is 18.2 Å². The Hall–Kier alpha value is -1.59. The number of methoxy groups -OCH3 is 2. The molecule has 0 amide bonds. The molecule has 0 saturated heterocycles. The Morgan fingerprint density at radius 2 is 1.67 bits per heavy atom. The minimum atomic E-state index is 0.482. The number of benzene rings is 1. The van der Waals surface area contributed by atoms with Crippen LogP contribution in [0.15, 0.2) is 35.3 Å². The molecule has 0 radical (unpaired) electrons. The summed E-state index contributed by atoms with van der Waals surface area (Å²) in [6.45, 7) is 2.60. The highest BCUT2D eigenvalue weighted by Crippen LogP contribution is 2.10. The van der Waals surface area contributed by atoms with Crippen LogP contribution in [-0.2, 0) is 9.47 Å². The maximum Gasteiger partial charge on any atom is 0.196 e. The molecule has 1 aromatic rings. The first-order valence-corrected chi connectivity index (χ1v) is 5.90. The zero-order chi connectivity index (χ0) is 13.2. The Labute approximate surface area is 108 Å². The van der Waals surface area contributed by atoms with Gasteiger partial charge in [0.25, 0.3) is 0 Å². The van der Waals surface area contributed by atoms with Crippen molar-refractivity contribution in [3.8, 4) is 0 Å². The van der Waals surface area contributed by atoms with Gasteiger partial charge in [-0.25, -0.2) is 4.99 Å². The Bertz CT molecular complexity index is 347. The zero-order valence-corrected chi connectivity index (χ0v) is 11.0. The number of rotatable bonds is 7. The fraction of sp³-hybridized carbons (Fsp3) is 0.462. The molecule has 5 nitrogen and oxygen atoms in total. The van der Waals surface area contributed by atoms with Crippen molar-refractivity contribution in [2.75, 3.05) is 40.5 Å².